The molecule has 0 aromatic carbocycles. The Kier molecular flexibility index (Phi) is 4.79. The van der Waals surface area contributed by atoms with E-state index in [-0.39, 0.29) is 0 Å². The highest BCUT2D eigenvalue weighted by Crippen LogP contribution is 2.44. The molecule has 1 saturated carbocycles. The maximum atomic E-state index is 4.48. The summed E-state index contributed by atoms with van der Waals surface area (Å²) in [6.07, 6.45) is 12.2. The highest BCUT2D eigenvalue weighted by molar-refractivity contribution is 5.35. The fourth-order valence-corrected chi connectivity index (χ4v) is 4.05. The van der Waals surface area contributed by atoms with Crippen LogP contribution in [0, 0.1) is 5.41 Å². The fourth-order valence-electron chi connectivity index (χ4n) is 4.05. The second kappa shape index (κ2) is 6.78. The van der Waals surface area contributed by atoms with Crippen LogP contribution in [0.25, 0.3) is 0 Å². The number of hydrogen-bond acceptors (Lipinski definition) is 3. The molecule has 116 valence electrons. The van der Waals surface area contributed by atoms with Gasteiger partial charge in [-0.15, -0.1) is 0 Å². The Labute approximate surface area is 129 Å². The summed E-state index contributed by atoms with van der Waals surface area (Å²) in [5, 5.41) is 3.25. The Morgan fingerprint density at radius 1 is 1.10 bits per heavy atom. The normalized spacial score (nSPS) is 22.3. The van der Waals surface area contributed by atoms with Gasteiger partial charge in [-0.2, -0.15) is 0 Å². The number of rotatable bonds is 4. The van der Waals surface area contributed by atoms with Gasteiger partial charge in [0.05, 0.1) is 0 Å². The van der Waals surface area contributed by atoms with E-state index in [1.54, 1.807) is 0 Å². The first-order valence-electron chi connectivity index (χ1n) is 8.71. The fraction of sp³-hybridized carbons (Fsp3) is 0.722. The van der Waals surface area contributed by atoms with Crippen LogP contribution in [0.3, 0.4) is 0 Å². The van der Waals surface area contributed by atoms with E-state index in [0.717, 1.165) is 18.9 Å². The quantitative estimate of drug-likeness (QED) is 0.905. The third-order valence-electron chi connectivity index (χ3n) is 5.42. The van der Waals surface area contributed by atoms with Crippen LogP contribution in [0.15, 0.2) is 18.3 Å². The first-order valence-corrected chi connectivity index (χ1v) is 8.71. The molecule has 2 aliphatic rings. The monoisotopic (exact) mass is 287 g/mol. The third-order valence-corrected chi connectivity index (χ3v) is 5.42. The topological polar surface area (TPSA) is 28.2 Å². The smallest absolute Gasteiger partial charge is 0.125 e. The molecule has 3 rings (SSSR count). The molecule has 0 bridgehead atoms. The number of anilines is 1. The van der Waals surface area contributed by atoms with Gasteiger partial charge in [-0.3, -0.25) is 4.90 Å². The summed E-state index contributed by atoms with van der Waals surface area (Å²) < 4.78 is 0. The highest BCUT2D eigenvalue weighted by atomic mass is 15.1. The van der Waals surface area contributed by atoms with Crippen molar-refractivity contribution in [2.24, 2.45) is 5.41 Å². The van der Waals surface area contributed by atoms with Crippen molar-refractivity contribution in [1.82, 2.24) is 9.88 Å². The van der Waals surface area contributed by atoms with E-state index in [1.165, 1.54) is 63.6 Å². The molecule has 3 nitrogen and oxygen atoms in total. The van der Waals surface area contributed by atoms with Gasteiger partial charge in [-0.25, -0.2) is 4.98 Å². The molecule has 1 aromatic heterocycles. The van der Waals surface area contributed by atoms with Gasteiger partial charge in [-0.05, 0) is 62.7 Å². The molecule has 0 unspecified atom stereocenters. The number of aromatic nitrogens is 1. The van der Waals surface area contributed by atoms with Crippen LogP contribution in [0.5, 0.6) is 0 Å². The minimum Gasteiger partial charge on any atom is -0.370 e. The lowest BCUT2D eigenvalue weighted by atomic mass is 9.68. The molecule has 2 fully saturated rings. The average molecular weight is 287 g/mol. The Bertz CT molecular complexity index is 424. The lowest BCUT2D eigenvalue weighted by Gasteiger charge is -2.44. The molecule has 2 heterocycles. The largest absolute Gasteiger partial charge is 0.370 e. The highest BCUT2D eigenvalue weighted by Gasteiger charge is 2.35. The van der Waals surface area contributed by atoms with Gasteiger partial charge in [0.2, 0.25) is 0 Å². The molecule has 1 aliphatic heterocycles. The first-order chi connectivity index (χ1) is 10.3. The zero-order valence-electron chi connectivity index (χ0n) is 13.4. The molecule has 1 saturated heterocycles. The first kappa shape index (κ1) is 14.8. The minimum atomic E-state index is 0.710. The number of nitrogens with one attached hydrogen (secondary N) is 1. The van der Waals surface area contributed by atoms with Crippen molar-refractivity contribution in [3.63, 3.8) is 0 Å². The zero-order chi connectivity index (χ0) is 14.5. The van der Waals surface area contributed by atoms with E-state index in [1.807, 2.05) is 6.20 Å². The Balaban J connectivity index is 1.50. The van der Waals surface area contributed by atoms with Crippen molar-refractivity contribution < 1.29 is 0 Å². The molecule has 0 radical (unpaired) electrons. The van der Waals surface area contributed by atoms with Crippen molar-refractivity contribution in [1.29, 1.82) is 0 Å². The van der Waals surface area contributed by atoms with Crippen molar-refractivity contribution in [2.45, 2.75) is 58.4 Å². The Hall–Kier alpha value is -1.09. The molecule has 21 heavy (non-hydrogen) atoms. The van der Waals surface area contributed by atoms with Crippen LogP contribution in [0.1, 0.15) is 57.4 Å². The summed E-state index contributed by atoms with van der Waals surface area (Å²) in [5.74, 6) is 0.987. The predicted octanol–water partition coefficient (Wildman–Crippen LogP) is 4.06. The molecule has 1 aliphatic carbocycles. The van der Waals surface area contributed by atoms with E-state index in [0.29, 0.717) is 5.41 Å². The average Bonchev–Trinajstić information content (AvgIpc) is 2.53. The van der Waals surface area contributed by atoms with Crippen LogP contribution in [0.4, 0.5) is 5.82 Å². The van der Waals surface area contributed by atoms with Gasteiger partial charge >= 0.3 is 0 Å². The number of nitrogens with zero attached hydrogens (tertiary/aromatic N) is 2. The maximum Gasteiger partial charge on any atom is 0.125 e. The van der Waals surface area contributed by atoms with Crippen LogP contribution >= 0.6 is 0 Å². The van der Waals surface area contributed by atoms with E-state index < -0.39 is 0 Å². The Morgan fingerprint density at radius 3 is 2.48 bits per heavy atom. The lowest BCUT2D eigenvalue weighted by molar-refractivity contribution is 0.0641. The molecule has 0 amide bonds. The lowest BCUT2D eigenvalue weighted by Crippen LogP contribution is -2.40. The predicted molar refractivity (Wildman–Crippen MR) is 88.4 cm³/mol. The molecular formula is C18H29N3. The van der Waals surface area contributed by atoms with Gasteiger partial charge < -0.3 is 5.32 Å². The number of likely N-dealkylation sites (tertiary alicyclic amines) is 1. The van der Waals surface area contributed by atoms with Crippen LogP contribution < -0.4 is 5.32 Å². The zero-order valence-corrected chi connectivity index (χ0v) is 13.4. The molecule has 1 N–H and O–H groups in total. The molecule has 1 aromatic rings. The summed E-state index contributed by atoms with van der Waals surface area (Å²) in [6.45, 7) is 6.64. The summed E-state index contributed by atoms with van der Waals surface area (Å²) in [4.78, 5) is 7.09. The van der Waals surface area contributed by atoms with Crippen LogP contribution in [0.2, 0.25) is 0 Å². The molecule has 1 spiro atoms. The number of piperidine rings is 1. The number of hydrogen-bond donors (Lipinski definition) is 1. The molecule has 0 atom stereocenters. The van der Waals surface area contributed by atoms with Gasteiger partial charge in [0.1, 0.15) is 5.82 Å². The van der Waals surface area contributed by atoms with Crippen LogP contribution in [-0.4, -0.2) is 29.5 Å². The SMILES string of the molecule is CCNc1ccc(CN2CCC3(CCCCC3)CC2)cn1. The second-order valence-electron chi connectivity index (χ2n) is 6.92. The van der Waals surface area contributed by atoms with Gasteiger partial charge in [-0.1, -0.05) is 25.3 Å². The summed E-state index contributed by atoms with van der Waals surface area (Å²) >= 11 is 0. The van der Waals surface area contributed by atoms with Crippen molar-refractivity contribution in [3.8, 4) is 0 Å². The summed E-state index contributed by atoms with van der Waals surface area (Å²) in [6, 6.07) is 4.32. The summed E-state index contributed by atoms with van der Waals surface area (Å²) in [7, 11) is 0. The van der Waals surface area contributed by atoms with Crippen molar-refractivity contribution in [3.05, 3.63) is 23.9 Å². The van der Waals surface area contributed by atoms with Crippen LogP contribution in [-0.2, 0) is 6.54 Å². The Morgan fingerprint density at radius 2 is 1.86 bits per heavy atom. The molecule has 3 heteroatoms. The van der Waals surface area contributed by atoms with Crippen molar-refractivity contribution in [2.75, 3.05) is 25.0 Å². The third kappa shape index (κ3) is 3.76. The number of pyridine rings is 1. The summed E-state index contributed by atoms with van der Waals surface area (Å²) in [5.41, 5.74) is 2.05. The van der Waals surface area contributed by atoms with Gasteiger partial charge in [0.15, 0.2) is 0 Å². The minimum absolute atomic E-state index is 0.710. The van der Waals surface area contributed by atoms with E-state index in [9.17, 15) is 0 Å². The van der Waals surface area contributed by atoms with E-state index >= 15 is 0 Å². The standard InChI is InChI=1S/C18H29N3/c1-2-19-17-7-6-16(14-20-17)15-21-12-10-18(11-13-21)8-4-3-5-9-18/h6-7,14H,2-5,8-13,15H2,1H3,(H,19,20). The van der Waals surface area contributed by atoms with Gasteiger partial charge in [0.25, 0.3) is 0 Å². The van der Waals surface area contributed by atoms with Gasteiger partial charge in [0, 0.05) is 19.3 Å². The van der Waals surface area contributed by atoms with Crippen molar-refractivity contribution >= 4 is 5.82 Å². The second-order valence-corrected chi connectivity index (χ2v) is 6.92. The van der Waals surface area contributed by atoms with E-state index in [4.69, 9.17) is 0 Å². The van der Waals surface area contributed by atoms with E-state index in [2.05, 4.69) is 34.3 Å². The molecular weight excluding hydrogens is 258 g/mol. The maximum absolute atomic E-state index is 4.48.